The molecule has 0 saturated heterocycles. The van der Waals surface area contributed by atoms with Crippen LogP contribution in [-0.4, -0.2) is 23.3 Å². The molecule has 3 aromatic rings. The van der Waals surface area contributed by atoms with E-state index in [1.807, 2.05) is 6.92 Å². The molecule has 1 aromatic heterocycles. The molecule has 29 heavy (non-hydrogen) atoms. The van der Waals surface area contributed by atoms with Crippen LogP contribution in [0.15, 0.2) is 71.9 Å². The Bertz CT molecular complexity index is 992. The average Bonchev–Trinajstić information content (AvgIpc) is 2.74. The van der Waals surface area contributed by atoms with Crippen LogP contribution >= 0.6 is 11.8 Å². The number of halogens is 1. The molecule has 2 aromatic carbocycles. The minimum atomic E-state index is -0.287. The molecule has 0 fully saturated rings. The zero-order valence-corrected chi connectivity index (χ0v) is 16.6. The smallest absolute Gasteiger partial charge is 0.258 e. The van der Waals surface area contributed by atoms with Crippen molar-refractivity contribution in [2.75, 3.05) is 11.9 Å². The van der Waals surface area contributed by atoms with Crippen LogP contribution in [-0.2, 0) is 5.75 Å². The number of benzene rings is 2. The Labute approximate surface area is 172 Å². The number of aromatic nitrogens is 1. The highest BCUT2D eigenvalue weighted by molar-refractivity contribution is 7.98. The summed E-state index contributed by atoms with van der Waals surface area (Å²) >= 11 is 1.41. The van der Waals surface area contributed by atoms with Crippen LogP contribution in [0.2, 0.25) is 0 Å². The van der Waals surface area contributed by atoms with Crippen LogP contribution in [0.25, 0.3) is 0 Å². The van der Waals surface area contributed by atoms with Gasteiger partial charge in [-0.25, -0.2) is 9.37 Å². The van der Waals surface area contributed by atoms with Crippen LogP contribution in [0.3, 0.4) is 0 Å². The number of carbonyl (C=O) groups is 2. The molecule has 0 aliphatic heterocycles. The molecule has 3 rings (SSSR count). The van der Waals surface area contributed by atoms with E-state index in [0.29, 0.717) is 34.1 Å². The van der Waals surface area contributed by atoms with E-state index in [9.17, 15) is 14.0 Å². The van der Waals surface area contributed by atoms with Gasteiger partial charge in [-0.3, -0.25) is 9.59 Å². The van der Waals surface area contributed by atoms with Crippen LogP contribution < -0.4 is 10.6 Å². The maximum atomic E-state index is 13.0. The van der Waals surface area contributed by atoms with Gasteiger partial charge in [0.05, 0.1) is 5.56 Å². The Morgan fingerprint density at radius 1 is 1.00 bits per heavy atom. The third-order valence-corrected chi connectivity index (χ3v) is 5.12. The zero-order valence-electron chi connectivity index (χ0n) is 15.8. The van der Waals surface area contributed by atoms with Gasteiger partial charge < -0.3 is 10.6 Å². The van der Waals surface area contributed by atoms with E-state index in [1.54, 1.807) is 54.7 Å². The van der Waals surface area contributed by atoms with Gasteiger partial charge in [-0.2, -0.15) is 0 Å². The third kappa shape index (κ3) is 5.65. The molecule has 0 atom stereocenters. The van der Waals surface area contributed by atoms with Crippen molar-refractivity contribution in [2.45, 2.75) is 17.7 Å². The minimum Gasteiger partial charge on any atom is -0.352 e. The van der Waals surface area contributed by atoms with Gasteiger partial charge >= 0.3 is 0 Å². The normalized spacial score (nSPS) is 10.4. The first-order valence-electron chi connectivity index (χ1n) is 9.08. The Morgan fingerprint density at radius 2 is 1.72 bits per heavy atom. The van der Waals surface area contributed by atoms with Crippen molar-refractivity contribution in [1.82, 2.24) is 10.3 Å². The number of nitrogens with zero attached hydrogens (tertiary/aromatic N) is 1. The summed E-state index contributed by atoms with van der Waals surface area (Å²) in [7, 11) is 0. The number of thioether (sulfide) groups is 1. The number of hydrogen-bond acceptors (Lipinski definition) is 4. The van der Waals surface area contributed by atoms with Crippen molar-refractivity contribution in [3.63, 3.8) is 0 Å². The van der Waals surface area contributed by atoms with Crippen molar-refractivity contribution >= 4 is 29.3 Å². The number of rotatable bonds is 7. The van der Waals surface area contributed by atoms with Crippen molar-refractivity contribution in [1.29, 1.82) is 0 Å². The topological polar surface area (TPSA) is 71.1 Å². The van der Waals surface area contributed by atoms with E-state index in [1.165, 1.54) is 23.9 Å². The lowest BCUT2D eigenvalue weighted by atomic mass is 10.2. The van der Waals surface area contributed by atoms with Crippen LogP contribution in [0.1, 0.15) is 33.2 Å². The van der Waals surface area contributed by atoms with Gasteiger partial charge in [-0.1, -0.05) is 12.1 Å². The van der Waals surface area contributed by atoms with Crippen LogP contribution in [0.5, 0.6) is 0 Å². The average molecular weight is 409 g/mol. The monoisotopic (exact) mass is 409 g/mol. The highest BCUT2D eigenvalue weighted by atomic mass is 32.2. The second kappa shape index (κ2) is 9.84. The predicted molar refractivity (Wildman–Crippen MR) is 113 cm³/mol. The number of anilines is 1. The Balaban J connectivity index is 1.68. The van der Waals surface area contributed by atoms with Crippen LogP contribution in [0, 0.1) is 5.82 Å². The maximum Gasteiger partial charge on any atom is 0.258 e. The molecule has 0 bridgehead atoms. The maximum absolute atomic E-state index is 13.0. The molecule has 5 nitrogen and oxygen atoms in total. The number of hydrogen-bond donors (Lipinski definition) is 2. The Kier molecular flexibility index (Phi) is 6.97. The first kappa shape index (κ1) is 20.5. The molecule has 0 aliphatic rings. The molecular weight excluding hydrogens is 389 g/mol. The molecule has 0 radical (unpaired) electrons. The highest BCUT2D eigenvalue weighted by Crippen LogP contribution is 2.25. The van der Waals surface area contributed by atoms with Crippen molar-refractivity contribution in [2.24, 2.45) is 0 Å². The van der Waals surface area contributed by atoms with Crippen LogP contribution in [0.4, 0.5) is 10.1 Å². The fourth-order valence-corrected chi connectivity index (χ4v) is 3.52. The second-order valence-corrected chi connectivity index (χ2v) is 7.13. The van der Waals surface area contributed by atoms with E-state index >= 15 is 0 Å². The predicted octanol–water partition coefficient (Wildman–Crippen LogP) is 4.52. The SMILES string of the molecule is CCNC(=O)c1ccc(NC(=O)c2cccnc2SCc2ccc(F)cc2)cc1. The lowest BCUT2D eigenvalue weighted by molar-refractivity contribution is 0.0955. The van der Waals surface area contributed by atoms with E-state index in [2.05, 4.69) is 15.6 Å². The summed E-state index contributed by atoms with van der Waals surface area (Å²) in [6, 6.07) is 16.3. The zero-order chi connectivity index (χ0) is 20.6. The molecule has 0 unspecified atom stereocenters. The standard InChI is InChI=1S/C22H20FN3O2S/c1-2-24-20(27)16-7-11-18(12-8-16)26-21(28)19-4-3-13-25-22(19)29-14-15-5-9-17(23)10-6-15/h3-13H,2,14H2,1H3,(H,24,27)(H,26,28). The van der Waals surface area contributed by atoms with Gasteiger partial charge in [0.15, 0.2) is 0 Å². The summed E-state index contributed by atoms with van der Waals surface area (Å²) in [6.07, 6.45) is 1.63. The highest BCUT2D eigenvalue weighted by Gasteiger charge is 2.14. The Hall–Kier alpha value is -3.19. The molecule has 2 amide bonds. The summed E-state index contributed by atoms with van der Waals surface area (Å²) in [6.45, 7) is 2.41. The summed E-state index contributed by atoms with van der Waals surface area (Å²) in [4.78, 5) is 28.8. The van der Waals surface area contributed by atoms with E-state index in [4.69, 9.17) is 0 Å². The molecule has 0 spiro atoms. The quantitative estimate of drug-likeness (QED) is 0.563. The van der Waals surface area contributed by atoms with Crippen molar-refractivity contribution in [3.05, 3.63) is 89.4 Å². The van der Waals surface area contributed by atoms with Gasteiger partial charge in [0.1, 0.15) is 10.8 Å². The first-order valence-corrected chi connectivity index (χ1v) is 10.1. The lowest BCUT2D eigenvalue weighted by Crippen LogP contribution is -2.22. The molecular formula is C22H20FN3O2S. The van der Waals surface area contributed by atoms with E-state index in [-0.39, 0.29) is 17.6 Å². The molecule has 1 heterocycles. The van der Waals surface area contributed by atoms with E-state index < -0.39 is 0 Å². The lowest BCUT2D eigenvalue weighted by Gasteiger charge is -2.10. The van der Waals surface area contributed by atoms with Gasteiger partial charge in [0.2, 0.25) is 0 Å². The summed E-state index contributed by atoms with van der Waals surface area (Å²) in [5, 5.41) is 6.15. The van der Waals surface area contributed by atoms with E-state index in [0.717, 1.165) is 5.56 Å². The molecule has 0 aliphatic carbocycles. The number of amides is 2. The van der Waals surface area contributed by atoms with Gasteiger partial charge in [-0.05, 0) is 61.0 Å². The summed E-state index contributed by atoms with van der Waals surface area (Å²) in [5.74, 6) is -0.156. The van der Waals surface area contributed by atoms with Gasteiger partial charge in [-0.15, -0.1) is 11.8 Å². The summed E-state index contributed by atoms with van der Waals surface area (Å²) < 4.78 is 13.0. The Morgan fingerprint density at radius 3 is 2.41 bits per heavy atom. The van der Waals surface area contributed by atoms with Crippen molar-refractivity contribution in [3.8, 4) is 0 Å². The molecule has 2 N–H and O–H groups in total. The molecule has 148 valence electrons. The van der Waals surface area contributed by atoms with Crippen molar-refractivity contribution < 1.29 is 14.0 Å². The first-order chi connectivity index (χ1) is 14.1. The fraction of sp³-hybridized carbons (Fsp3) is 0.136. The number of carbonyl (C=O) groups excluding carboxylic acids is 2. The summed E-state index contributed by atoms with van der Waals surface area (Å²) in [5.41, 5.74) is 2.50. The van der Waals surface area contributed by atoms with Gasteiger partial charge in [0.25, 0.3) is 11.8 Å². The minimum absolute atomic E-state index is 0.155. The molecule has 0 saturated carbocycles. The number of nitrogens with one attached hydrogen (secondary N) is 2. The fourth-order valence-electron chi connectivity index (χ4n) is 2.58. The number of pyridine rings is 1. The van der Waals surface area contributed by atoms with Gasteiger partial charge in [0, 0.05) is 29.7 Å². The second-order valence-electron chi connectivity index (χ2n) is 6.16. The molecule has 7 heteroatoms. The largest absolute Gasteiger partial charge is 0.352 e. The third-order valence-electron chi connectivity index (χ3n) is 4.05.